The van der Waals surface area contributed by atoms with Crippen LogP contribution in [0.25, 0.3) is 49.9 Å². The Morgan fingerprint density at radius 1 is 0.451 bits per heavy atom. The van der Waals surface area contributed by atoms with E-state index in [0.717, 1.165) is 57.1 Å². The molecule has 3 aliphatic rings. The van der Waals surface area contributed by atoms with Gasteiger partial charge in [-0.3, -0.25) is 13.5 Å². The molecule has 0 aliphatic carbocycles. The molecule has 2 bridgehead atoms. The van der Waals surface area contributed by atoms with Crippen molar-refractivity contribution in [3.05, 3.63) is 284 Å². The topological polar surface area (TPSA) is 27.1 Å². The van der Waals surface area contributed by atoms with Gasteiger partial charge >= 0.3 is 0 Å². The molecule has 0 amide bonds. The molecular weight excluding hydrogens is 1010 g/mol. The fraction of sp³-hybridized carbons (Fsp3) is 0.132. The number of hydrogen-bond acceptors (Lipinski definition) is 2. The first-order valence-electron chi connectivity index (χ1n) is 28.8. The normalized spacial score (nSPS) is 16.7. The SMILES string of the molecule is Cc1cc(-n2c3ccccc3c3ccc(Oc4cccc([N@@+]56[CH-][N@@+](c7cccc(C(C)(C)C)c7)(C5)c5c(-c7cccc(C(C)(C)C)c7)cccc56)c4)cc32)ncc1-c1cccc([Si](c2ccccc2)(c2ccccc2)c2ccccc2)c1. The molecule has 5 heterocycles. The fourth-order valence-electron chi connectivity index (χ4n) is 13.5. The Morgan fingerprint density at radius 2 is 0.988 bits per heavy atom. The lowest BCUT2D eigenvalue weighted by molar-refractivity contribution is 0.187. The van der Waals surface area contributed by atoms with Crippen molar-refractivity contribution in [1.29, 1.82) is 0 Å². The van der Waals surface area contributed by atoms with Crippen LogP contribution in [0.15, 0.2) is 261 Å². The van der Waals surface area contributed by atoms with Gasteiger partial charge in [0, 0.05) is 52.4 Å². The Kier molecular flexibility index (Phi) is 12.1. The van der Waals surface area contributed by atoms with Gasteiger partial charge in [-0.15, -0.1) is 0 Å². The Hall–Kier alpha value is -8.91. The van der Waals surface area contributed by atoms with Gasteiger partial charge in [0.05, 0.1) is 17.7 Å². The zero-order valence-electron chi connectivity index (χ0n) is 47.8. The van der Waals surface area contributed by atoms with E-state index < -0.39 is 8.07 Å². The minimum atomic E-state index is -2.74. The number of rotatable bonds is 11. The highest BCUT2D eigenvalue weighted by atomic mass is 28.3. The molecule has 82 heavy (non-hydrogen) atoms. The standard InChI is InChI=1S/C76H67N4OSi/c1-53-44-73(77-50-69(53)55-25-20-37-65(46-55)82(62-31-11-8-12-32-62,63-33-13-9-14-34-63)64-35-15-10-16-36-64)78-70-40-18-17-38-67(70)68-43-42-61(49-71(68)78)81-60-30-22-29-59(48-60)79-51-80(52-79,58-28-21-27-57(47-58)76(5,6)7)74-66(39-23-41-72(74)79)54-24-19-26-56(45-54)75(2,3)4/h8-51H,52H2,1-7H3/q+1/t79-,80+/m1/s1. The summed E-state index contributed by atoms with van der Waals surface area (Å²) < 4.78 is 10.6. The van der Waals surface area contributed by atoms with Crippen LogP contribution < -0.4 is 34.4 Å². The van der Waals surface area contributed by atoms with E-state index in [0.29, 0.717) is 8.97 Å². The first kappa shape index (κ1) is 51.2. The molecule has 0 unspecified atom stereocenters. The van der Waals surface area contributed by atoms with E-state index in [2.05, 4.69) is 321 Å². The number of aryl methyl sites for hydroxylation is 1. The summed E-state index contributed by atoms with van der Waals surface area (Å²) >= 11 is 0. The maximum Gasteiger partial charge on any atom is 0.188 e. The molecule has 0 N–H and O–H groups in total. The summed E-state index contributed by atoms with van der Waals surface area (Å²) in [6, 6.07) is 94.2. The average Bonchev–Trinajstić information content (AvgIpc) is 2.71. The second-order valence-corrected chi connectivity index (χ2v) is 28.5. The monoisotopic (exact) mass is 1080 g/mol. The Bertz CT molecular complexity index is 4310. The van der Waals surface area contributed by atoms with Crippen LogP contribution in [0.5, 0.6) is 11.5 Å². The number of para-hydroxylation sites is 2. The van der Waals surface area contributed by atoms with Crippen LogP contribution in [0.2, 0.25) is 0 Å². The molecule has 3 aliphatic heterocycles. The predicted molar refractivity (Wildman–Crippen MR) is 347 cm³/mol. The third kappa shape index (κ3) is 8.22. The van der Waals surface area contributed by atoms with Crippen molar-refractivity contribution >= 4 is 73.4 Å². The Balaban J connectivity index is 0.830. The zero-order chi connectivity index (χ0) is 56.0. The van der Waals surface area contributed by atoms with Gasteiger partial charge in [0.2, 0.25) is 0 Å². The van der Waals surface area contributed by atoms with Crippen LogP contribution >= 0.6 is 0 Å². The molecule has 2 atom stereocenters. The van der Waals surface area contributed by atoms with Gasteiger partial charge in [0.15, 0.2) is 26.1 Å². The Morgan fingerprint density at radius 3 is 1.65 bits per heavy atom. The highest BCUT2D eigenvalue weighted by Gasteiger charge is 2.64. The van der Waals surface area contributed by atoms with Gasteiger partial charge in [-0.25, -0.2) is 4.98 Å². The molecule has 0 saturated carbocycles. The van der Waals surface area contributed by atoms with E-state index >= 15 is 0 Å². The Labute approximate surface area is 483 Å². The highest BCUT2D eigenvalue weighted by molar-refractivity contribution is 7.19. The number of ether oxygens (including phenoxy) is 1. The summed E-state index contributed by atoms with van der Waals surface area (Å²) in [5.74, 6) is 2.42. The number of quaternary nitrogens is 2. The van der Waals surface area contributed by atoms with Crippen LogP contribution in [0.3, 0.4) is 0 Å². The van der Waals surface area contributed by atoms with Crippen LogP contribution in [0.4, 0.5) is 22.7 Å². The number of pyridine rings is 1. The summed E-state index contributed by atoms with van der Waals surface area (Å²) in [7, 11) is -2.74. The maximum absolute atomic E-state index is 7.00. The van der Waals surface area contributed by atoms with Crippen molar-refractivity contribution in [1.82, 2.24) is 18.5 Å². The van der Waals surface area contributed by atoms with Crippen LogP contribution in [-0.2, 0) is 10.8 Å². The molecule has 2 aromatic heterocycles. The number of benzene rings is 10. The van der Waals surface area contributed by atoms with E-state index in [1.54, 1.807) is 0 Å². The number of nitrogens with zero attached hydrogens (tertiary/aromatic N) is 4. The first-order chi connectivity index (χ1) is 39.7. The first-order valence-corrected chi connectivity index (χ1v) is 30.8. The average molecular weight is 1080 g/mol. The van der Waals surface area contributed by atoms with Crippen LogP contribution in [0, 0.1) is 13.6 Å². The third-order valence-electron chi connectivity index (χ3n) is 17.6. The molecule has 0 radical (unpaired) electrons. The van der Waals surface area contributed by atoms with Crippen molar-refractivity contribution in [3.63, 3.8) is 0 Å². The molecular formula is C76H67N4OSi+. The van der Waals surface area contributed by atoms with Crippen molar-refractivity contribution in [2.24, 2.45) is 0 Å². The fourth-order valence-corrected chi connectivity index (χ4v) is 18.3. The summed E-state index contributed by atoms with van der Waals surface area (Å²) in [5.41, 5.74) is 15.9. The zero-order valence-corrected chi connectivity index (χ0v) is 48.8. The number of hydrogen-bond donors (Lipinski definition) is 0. The van der Waals surface area contributed by atoms with Crippen LogP contribution in [-0.4, -0.2) is 24.3 Å². The third-order valence-corrected chi connectivity index (χ3v) is 22.4. The van der Waals surface area contributed by atoms with Crippen molar-refractivity contribution < 1.29 is 4.74 Å². The largest absolute Gasteiger partial charge is 0.457 e. The van der Waals surface area contributed by atoms with Gasteiger partial charge in [0.1, 0.15) is 28.7 Å². The molecule has 15 rings (SSSR count). The van der Waals surface area contributed by atoms with E-state index in [1.165, 1.54) is 71.1 Å². The van der Waals surface area contributed by atoms with Gasteiger partial charge in [-0.05, 0) is 115 Å². The minimum absolute atomic E-state index is 0.0102. The second kappa shape index (κ2) is 19.4. The lowest BCUT2D eigenvalue weighted by Gasteiger charge is -2.56. The maximum atomic E-state index is 7.00. The minimum Gasteiger partial charge on any atom is -0.457 e. The predicted octanol–water partition coefficient (Wildman–Crippen LogP) is 17.0. The van der Waals surface area contributed by atoms with Gasteiger partial charge < -0.3 is 4.74 Å². The highest BCUT2D eigenvalue weighted by Crippen LogP contribution is 2.67. The molecule has 1 saturated heterocycles. The van der Waals surface area contributed by atoms with E-state index in [1.807, 2.05) is 0 Å². The van der Waals surface area contributed by atoms with Crippen molar-refractivity contribution in [3.8, 4) is 39.6 Å². The van der Waals surface area contributed by atoms with Gasteiger partial charge in [-0.1, -0.05) is 224 Å². The molecule has 400 valence electrons. The molecule has 1 fully saturated rings. The molecule has 12 aromatic rings. The van der Waals surface area contributed by atoms with Crippen molar-refractivity contribution in [2.75, 3.05) is 6.67 Å². The molecule has 10 aromatic carbocycles. The van der Waals surface area contributed by atoms with E-state index in [4.69, 9.17) is 9.72 Å². The summed E-state index contributed by atoms with van der Waals surface area (Å²) in [5, 5.41) is 7.70. The number of aromatic nitrogens is 2. The second-order valence-electron chi connectivity index (χ2n) is 24.7. The van der Waals surface area contributed by atoms with E-state index in [9.17, 15) is 0 Å². The van der Waals surface area contributed by atoms with Gasteiger partial charge in [0.25, 0.3) is 0 Å². The quantitative estimate of drug-likeness (QED) is 0.0559. The van der Waals surface area contributed by atoms with Crippen molar-refractivity contribution in [2.45, 2.75) is 59.3 Å². The summed E-state index contributed by atoms with van der Waals surface area (Å²) in [6.45, 7) is 19.4. The smallest absolute Gasteiger partial charge is 0.188 e. The number of fused-ring (bicyclic) bond motifs is 3. The summed E-state index contributed by atoms with van der Waals surface area (Å²) in [4.78, 5) is 5.34. The lowest BCUT2D eigenvalue weighted by atomic mass is 9.85. The summed E-state index contributed by atoms with van der Waals surface area (Å²) in [6.07, 6.45) is 2.07. The molecule has 6 heteroatoms. The van der Waals surface area contributed by atoms with E-state index in [-0.39, 0.29) is 10.8 Å². The molecule has 5 nitrogen and oxygen atoms in total. The molecule has 0 spiro atoms. The van der Waals surface area contributed by atoms with Gasteiger partial charge in [-0.2, -0.15) is 0 Å². The van der Waals surface area contributed by atoms with Crippen LogP contribution in [0.1, 0.15) is 58.2 Å². The lowest BCUT2D eigenvalue weighted by Crippen LogP contribution is -2.74.